The Balaban J connectivity index is 1.79. The van der Waals surface area contributed by atoms with E-state index in [1.54, 1.807) is 0 Å². The fourth-order valence-electron chi connectivity index (χ4n) is 3.68. The average Bonchev–Trinajstić information content (AvgIpc) is 2.98. The first-order valence-electron chi connectivity index (χ1n) is 6.93. The minimum Gasteiger partial charge on any atom is -0.481 e. The zero-order valence-electron chi connectivity index (χ0n) is 11.1. The lowest BCUT2D eigenvalue weighted by Gasteiger charge is -2.32. The Bertz CT molecular complexity index is 480. The fourth-order valence-corrected chi connectivity index (χ4v) is 3.68. The van der Waals surface area contributed by atoms with E-state index in [0.29, 0.717) is 6.54 Å². The molecule has 3 aliphatic rings. The smallest absolute Gasteiger partial charge is 0.307 e. The van der Waals surface area contributed by atoms with Crippen LogP contribution in [0.4, 0.5) is 0 Å². The van der Waals surface area contributed by atoms with Gasteiger partial charge in [0.05, 0.1) is 11.8 Å². The number of hydrogen-bond acceptors (Lipinski definition) is 2. The second-order valence-corrected chi connectivity index (χ2v) is 5.92. The summed E-state index contributed by atoms with van der Waals surface area (Å²) in [7, 11) is 0. The standard InChI is InChI=1S/C15H19NO3/c1-9-4-6-16(7-5-9)14(17)12-10-2-3-11(8-10)13(12)15(18)19/h2-4,10-13H,5-8H2,1H3,(H,18,19). The largest absolute Gasteiger partial charge is 0.481 e. The molecule has 2 bridgehead atoms. The van der Waals surface area contributed by atoms with Crippen molar-refractivity contribution >= 4 is 11.9 Å². The molecule has 19 heavy (non-hydrogen) atoms. The van der Waals surface area contributed by atoms with Crippen molar-refractivity contribution in [3.63, 3.8) is 0 Å². The zero-order valence-corrected chi connectivity index (χ0v) is 11.1. The van der Waals surface area contributed by atoms with E-state index in [2.05, 4.69) is 13.0 Å². The molecular weight excluding hydrogens is 242 g/mol. The predicted octanol–water partition coefficient (Wildman–Crippen LogP) is 1.69. The van der Waals surface area contributed by atoms with E-state index in [1.165, 1.54) is 5.57 Å². The van der Waals surface area contributed by atoms with E-state index in [0.717, 1.165) is 19.4 Å². The summed E-state index contributed by atoms with van der Waals surface area (Å²) in [4.78, 5) is 25.9. The van der Waals surface area contributed by atoms with Crippen LogP contribution in [0.3, 0.4) is 0 Å². The lowest BCUT2D eigenvalue weighted by Crippen LogP contribution is -2.44. The van der Waals surface area contributed by atoms with Gasteiger partial charge < -0.3 is 10.0 Å². The highest BCUT2D eigenvalue weighted by Gasteiger charge is 2.52. The van der Waals surface area contributed by atoms with Crippen LogP contribution in [0, 0.1) is 23.7 Å². The molecule has 0 aromatic carbocycles. The molecule has 4 heteroatoms. The van der Waals surface area contributed by atoms with E-state index in [9.17, 15) is 14.7 Å². The van der Waals surface area contributed by atoms with Crippen molar-refractivity contribution in [2.24, 2.45) is 23.7 Å². The summed E-state index contributed by atoms with van der Waals surface area (Å²) in [6, 6.07) is 0. The highest BCUT2D eigenvalue weighted by molar-refractivity contribution is 5.87. The molecule has 1 amide bonds. The third-order valence-electron chi connectivity index (χ3n) is 4.78. The monoisotopic (exact) mass is 261 g/mol. The molecule has 4 nitrogen and oxygen atoms in total. The summed E-state index contributed by atoms with van der Waals surface area (Å²) in [5.74, 6) is -1.47. The number of rotatable bonds is 2. The Hall–Kier alpha value is -1.58. The molecule has 1 aliphatic heterocycles. The molecule has 1 heterocycles. The number of fused-ring (bicyclic) bond motifs is 2. The minimum atomic E-state index is -0.820. The minimum absolute atomic E-state index is 0.0352. The summed E-state index contributed by atoms with van der Waals surface area (Å²) < 4.78 is 0. The maximum atomic E-state index is 12.6. The van der Waals surface area contributed by atoms with Gasteiger partial charge in [-0.3, -0.25) is 9.59 Å². The number of carboxylic acid groups (broad SMARTS) is 1. The van der Waals surface area contributed by atoms with Gasteiger partial charge in [-0.15, -0.1) is 0 Å². The SMILES string of the molecule is CC1=CCN(C(=O)C2C3C=CC(C3)C2C(=O)O)CC1. The van der Waals surface area contributed by atoms with Gasteiger partial charge in [0.1, 0.15) is 0 Å². The van der Waals surface area contributed by atoms with Gasteiger partial charge in [-0.05, 0) is 31.6 Å². The van der Waals surface area contributed by atoms with Crippen molar-refractivity contribution < 1.29 is 14.7 Å². The summed E-state index contributed by atoms with van der Waals surface area (Å²) in [5.41, 5.74) is 1.31. The third kappa shape index (κ3) is 1.99. The van der Waals surface area contributed by atoms with Crippen LogP contribution in [0.5, 0.6) is 0 Å². The lowest BCUT2D eigenvalue weighted by atomic mass is 9.82. The summed E-state index contributed by atoms with van der Waals surface area (Å²) in [6.45, 7) is 3.43. The quantitative estimate of drug-likeness (QED) is 0.769. The van der Waals surface area contributed by atoms with Crippen LogP contribution in [0.2, 0.25) is 0 Å². The molecule has 4 unspecified atom stereocenters. The van der Waals surface area contributed by atoms with E-state index in [-0.39, 0.29) is 23.7 Å². The number of carbonyl (C=O) groups excluding carboxylic acids is 1. The van der Waals surface area contributed by atoms with Gasteiger partial charge in [-0.1, -0.05) is 23.8 Å². The molecule has 0 aromatic heterocycles. The lowest BCUT2D eigenvalue weighted by molar-refractivity contribution is -0.150. The van der Waals surface area contributed by atoms with Crippen molar-refractivity contribution in [3.8, 4) is 0 Å². The van der Waals surface area contributed by atoms with Crippen molar-refractivity contribution in [1.82, 2.24) is 4.90 Å². The number of hydrogen-bond donors (Lipinski definition) is 1. The number of carboxylic acids is 1. The van der Waals surface area contributed by atoms with Crippen LogP contribution >= 0.6 is 0 Å². The van der Waals surface area contributed by atoms with Crippen LogP contribution in [-0.4, -0.2) is 35.0 Å². The first kappa shape index (κ1) is 12.5. The summed E-state index contributed by atoms with van der Waals surface area (Å²) in [5, 5.41) is 9.38. The predicted molar refractivity (Wildman–Crippen MR) is 70.3 cm³/mol. The first-order chi connectivity index (χ1) is 9.08. The van der Waals surface area contributed by atoms with Crippen LogP contribution < -0.4 is 0 Å². The Morgan fingerprint density at radius 2 is 1.95 bits per heavy atom. The molecule has 0 aromatic rings. The van der Waals surface area contributed by atoms with Gasteiger partial charge in [0.2, 0.25) is 5.91 Å². The number of amides is 1. The van der Waals surface area contributed by atoms with E-state index >= 15 is 0 Å². The van der Waals surface area contributed by atoms with E-state index < -0.39 is 11.9 Å². The Morgan fingerprint density at radius 1 is 1.26 bits per heavy atom. The van der Waals surface area contributed by atoms with Crippen molar-refractivity contribution in [2.45, 2.75) is 19.8 Å². The van der Waals surface area contributed by atoms with Crippen LogP contribution in [-0.2, 0) is 9.59 Å². The molecule has 3 rings (SSSR count). The molecule has 2 aliphatic carbocycles. The zero-order chi connectivity index (χ0) is 13.6. The molecule has 4 atom stereocenters. The molecule has 1 saturated carbocycles. The van der Waals surface area contributed by atoms with Gasteiger partial charge in [-0.25, -0.2) is 0 Å². The maximum absolute atomic E-state index is 12.6. The fraction of sp³-hybridized carbons (Fsp3) is 0.600. The summed E-state index contributed by atoms with van der Waals surface area (Å²) >= 11 is 0. The van der Waals surface area contributed by atoms with Gasteiger partial charge in [0.25, 0.3) is 0 Å². The van der Waals surface area contributed by atoms with Crippen molar-refractivity contribution in [1.29, 1.82) is 0 Å². The second kappa shape index (κ2) is 4.51. The molecule has 0 spiro atoms. The molecule has 0 radical (unpaired) electrons. The topological polar surface area (TPSA) is 57.6 Å². The van der Waals surface area contributed by atoms with E-state index in [1.807, 2.05) is 17.1 Å². The van der Waals surface area contributed by atoms with Gasteiger partial charge in [0, 0.05) is 13.1 Å². The number of nitrogens with zero attached hydrogens (tertiary/aromatic N) is 1. The van der Waals surface area contributed by atoms with Crippen LogP contribution in [0.1, 0.15) is 19.8 Å². The first-order valence-corrected chi connectivity index (χ1v) is 6.93. The molecular formula is C15H19NO3. The average molecular weight is 261 g/mol. The van der Waals surface area contributed by atoms with Crippen molar-refractivity contribution in [3.05, 3.63) is 23.8 Å². The number of carbonyl (C=O) groups is 2. The maximum Gasteiger partial charge on any atom is 0.307 e. The number of allylic oxidation sites excluding steroid dienone is 2. The van der Waals surface area contributed by atoms with Crippen LogP contribution in [0.15, 0.2) is 23.8 Å². The van der Waals surface area contributed by atoms with Gasteiger partial charge in [0.15, 0.2) is 0 Å². The molecule has 1 N–H and O–H groups in total. The van der Waals surface area contributed by atoms with Crippen molar-refractivity contribution in [2.75, 3.05) is 13.1 Å². The highest BCUT2D eigenvalue weighted by atomic mass is 16.4. The second-order valence-electron chi connectivity index (χ2n) is 5.92. The molecule has 0 saturated heterocycles. The third-order valence-corrected chi connectivity index (χ3v) is 4.78. The highest BCUT2D eigenvalue weighted by Crippen LogP contribution is 2.48. The number of aliphatic carboxylic acids is 1. The van der Waals surface area contributed by atoms with Gasteiger partial charge in [-0.2, -0.15) is 0 Å². The van der Waals surface area contributed by atoms with Crippen LogP contribution in [0.25, 0.3) is 0 Å². The Kier molecular flexibility index (Phi) is 2.96. The summed E-state index contributed by atoms with van der Waals surface area (Å²) in [6.07, 6.45) is 7.82. The van der Waals surface area contributed by atoms with E-state index in [4.69, 9.17) is 0 Å². The molecule has 1 fully saturated rings. The Labute approximate surface area is 112 Å². The molecule has 102 valence electrons. The van der Waals surface area contributed by atoms with Gasteiger partial charge >= 0.3 is 5.97 Å². The normalized spacial score (nSPS) is 36.5. The Morgan fingerprint density at radius 3 is 2.53 bits per heavy atom.